The quantitative estimate of drug-likeness (QED) is 0.940. The Morgan fingerprint density at radius 3 is 2.61 bits per heavy atom. The summed E-state index contributed by atoms with van der Waals surface area (Å²) in [5, 5.41) is 2.99. The molecule has 0 spiro atoms. The van der Waals surface area contributed by atoms with Gasteiger partial charge in [-0.25, -0.2) is 0 Å². The first kappa shape index (κ1) is 15.2. The zero-order chi connectivity index (χ0) is 16.4. The van der Waals surface area contributed by atoms with Crippen molar-refractivity contribution in [1.82, 2.24) is 0 Å². The number of rotatable bonds is 3. The number of ether oxygens (including phenoxy) is 2. The Labute approximate surface area is 135 Å². The number of benzene rings is 2. The molecule has 3 rings (SSSR count). The maximum atomic E-state index is 12.5. The summed E-state index contributed by atoms with van der Waals surface area (Å²) >= 11 is 0. The Hall–Kier alpha value is -2.75. The second-order valence-corrected chi connectivity index (χ2v) is 5.58. The Morgan fingerprint density at radius 1 is 1.17 bits per heavy atom. The normalized spacial score (nSPS) is 12.7. The van der Waals surface area contributed by atoms with Crippen molar-refractivity contribution in [2.24, 2.45) is 0 Å². The molecule has 1 heterocycles. The molecule has 2 aromatic carbocycles. The summed E-state index contributed by atoms with van der Waals surface area (Å²) in [5.74, 6) is 1.35. The van der Waals surface area contributed by atoms with Crippen LogP contribution in [0.15, 0.2) is 42.0 Å². The zero-order valence-corrected chi connectivity index (χ0v) is 13.5. The molecule has 0 fully saturated rings. The first-order chi connectivity index (χ1) is 11.1. The van der Waals surface area contributed by atoms with Crippen LogP contribution < -0.4 is 14.8 Å². The van der Waals surface area contributed by atoms with Crippen molar-refractivity contribution >= 4 is 17.7 Å². The molecule has 0 saturated carbocycles. The molecule has 4 nitrogen and oxygen atoms in total. The van der Waals surface area contributed by atoms with Gasteiger partial charge >= 0.3 is 0 Å². The number of aryl methyl sites for hydroxylation is 2. The van der Waals surface area contributed by atoms with Gasteiger partial charge in [0, 0.05) is 11.3 Å². The Bertz CT molecular complexity index is 773. The predicted octanol–water partition coefficient (Wildman–Crippen LogP) is 3.73. The van der Waals surface area contributed by atoms with Gasteiger partial charge in [-0.15, -0.1) is 0 Å². The van der Waals surface area contributed by atoms with Gasteiger partial charge in [0.05, 0.1) is 12.7 Å². The maximum Gasteiger partial charge on any atom is 0.255 e. The number of anilines is 1. The highest BCUT2D eigenvalue weighted by molar-refractivity contribution is 6.08. The van der Waals surface area contributed by atoms with E-state index in [2.05, 4.69) is 5.32 Å². The van der Waals surface area contributed by atoms with Crippen LogP contribution in [0.3, 0.4) is 0 Å². The van der Waals surface area contributed by atoms with Crippen LogP contribution in [0, 0.1) is 13.8 Å². The maximum absolute atomic E-state index is 12.5. The van der Waals surface area contributed by atoms with E-state index in [1.807, 2.05) is 56.3 Å². The first-order valence-corrected chi connectivity index (χ1v) is 7.47. The van der Waals surface area contributed by atoms with E-state index in [0.29, 0.717) is 5.57 Å². The predicted molar refractivity (Wildman–Crippen MR) is 91.0 cm³/mol. The Kier molecular flexibility index (Phi) is 4.06. The molecule has 1 aliphatic heterocycles. The number of hydrogen-bond donors (Lipinski definition) is 1. The third-order valence-electron chi connectivity index (χ3n) is 3.94. The van der Waals surface area contributed by atoms with Crippen LogP contribution >= 0.6 is 0 Å². The van der Waals surface area contributed by atoms with Crippen molar-refractivity contribution in [1.29, 1.82) is 0 Å². The molecule has 4 heteroatoms. The fourth-order valence-electron chi connectivity index (χ4n) is 2.62. The third kappa shape index (κ3) is 3.06. The number of methoxy groups -OCH3 is 1. The fraction of sp³-hybridized carbons (Fsp3) is 0.211. The highest BCUT2D eigenvalue weighted by Gasteiger charge is 2.18. The summed E-state index contributed by atoms with van der Waals surface area (Å²) in [5.41, 5.74) is 4.38. The van der Waals surface area contributed by atoms with Gasteiger partial charge in [0.2, 0.25) is 0 Å². The number of carbonyl (C=O) groups is 1. The first-order valence-electron chi connectivity index (χ1n) is 7.47. The fourth-order valence-corrected chi connectivity index (χ4v) is 2.62. The summed E-state index contributed by atoms with van der Waals surface area (Å²) in [6.45, 7) is 4.22. The average molecular weight is 309 g/mol. The van der Waals surface area contributed by atoms with E-state index in [0.717, 1.165) is 33.9 Å². The highest BCUT2D eigenvalue weighted by atomic mass is 16.5. The van der Waals surface area contributed by atoms with E-state index >= 15 is 0 Å². The highest BCUT2D eigenvalue weighted by Crippen LogP contribution is 2.30. The lowest BCUT2D eigenvalue weighted by Crippen LogP contribution is -2.22. The van der Waals surface area contributed by atoms with Gasteiger partial charge in [-0.05, 0) is 49.2 Å². The van der Waals surface area contributed by atoms with E-state index in [-0.39, 0.29) is 12.5 Å². The minimum atomic E-state index is -0.143. The Balaban J connectivity index is 1.87. The van der Waals surface area contributed by atoms with E-state index in [1.165, 1.54) is 0 Å². The topological polar surface area (TPSA) is 47.6 Å². The standard InChI is InChI=1S/C19H19NO3/c1-12-5-4-6-13(2)18(12)20-19(21)15-9-14-10-16(22-3)7-8-17(14)23-11-15/h4-10H,11H2,1-3H3,(H,20,21). The van der Waals surface area contributed by atoms with E-state index in [4.69, 9.17) is 9.47 Å². The molecule has 0 bridgehead atoms. The number of amides is 1. The minimum absolute atomic E-state index is 0.143. The second-order valence-electron chi connectivity index (χ2n) is 5.58. The number of para-hydroxylation sites is 1. The molecule has 1 amide bonds. The van der Waals surface area contributed by atoms with Gasteiger partial charge in [-0.3, -0.25) is 4.79 Å². The lowest BCUT2D eigenvalue weighted by atomic mass is 10.1. The molecule has 23 heavy (non-hydrogen) atoms. The largest absolute Gasteiger partial charge is 0.497 e. The van der Waals surface area contributed by atoms with Crippen molar-refractivity contribution in [2.45, 2.75) is 13.8 Å². The molecular formula is C19H19NO3. The number of hydrogen-bond acceptors (Lipinski definition) is 3. The Morgan fingerprint density at radius 2 is 1.91 bits per heavy atom. The lowest BCUT2D eigenvalue weighted by Gasteiger charge is -2.19. The summed E-state index contributed by atoms with van der Waals surface area (Å²) in [4.78, 5) is 12.5. The molecule has 118 valence electrons. The van der Waals surface area contributed by atoms with E-state index in [1.54, 1.807) is 7.11 Å². The number of fused-ring (bicyclic) bond motifs is 1. The smallest absolute Gasteiger partial charge is 0.255 e. The molecular weight excluding hydrogens is 290 g/mol. The number of carbonyl (C=O) groups excluding carboxylic acids is 1. The van der Waals surface area contributed by atoms with Gasteiger partial charge in [0.25, 0.3) is 5.91 Å². The van der Waals surface area contributed by atoms with Gasteiger partial charge < -0.3 is 14.8 Å². The van der Waals surface area contributed by atoms with E-state index in [9.17, 15) is 4.79 Å². The van der Waals surface area contributed by atoms with Crippen LogP contribution in [-0.4, -0.2) is 19.6 Å². The van der Waals surface area contributed by atoms with Crippen LogP contribution in [-0.2, 0) is 4.79 Å². The molecule has 0 atom stereocenters. The summed E-state index contributed by atoms with van der Waals surface area (Å²) in [6, 6.07) is 11.5. The average Bonchev–Trinajstić information content (AvgIpc) is 2.57. The van der Waals surface area contributed by atoms with Crippen molar-refractivity contribution in [3.05, 3.63) is 58.7 Å². The third-order valence-corrected chi connectivity index (χ3v) is 3.94. The zero-order valence-electron chi connectivity index (χ0n) is 13.5. The van der Waals surface area contributed by atoms with Crippen LogP contribution in [0.2, 0.25) is 0 Å². The molecule has 2 aromatic rings. The van der Waals surface area contributed by atoms with Crippen LogP contribution in [0.5, 0.6) is 11.5 Å². The molecule has 0 aromatic heterocycles. The summed E-state index contributed by atoms with van der Waals surface area (Å²) in [7, 11) is 1.61. The van der Waals surface area contributed by atoms with Gasteiger partial charge in [-0.2, -0.15) is 0 Å². The molecule has 0 radical (unpaired) electrons. The molecule has 0 aliphatic carbocycles. The minimum Gasteiger partial charge on any atom is -0.497 e. The molecule has 0 unspecified atom stereocenters. The molecule has 0 saturated heterocycles. The van der Waals surface area contributed by atoms with Crippen molar-refractivity contribution in [2.75, 3.05) is 19.0 Å². The van der Waals surface area contributed by atoms with Crippen LogP contribution in [0.25, 0.3) is 6.08 Å². The van der Waals surface area contributed by atoms with E-state index < -0.39 is 0 Å². The van der Waals surface area contributed by atoms with Gasteiger partial charge in [0.15, 0.2) is 0 Å². The van der Waals surface area contributed by atoms with Gasteiger partial charge in [0.1, 0.15) is 18.1 Å². The monoisotopic (exact) mass is 309 g/mol. The van der Waals surface area contributed by atoms with Crippen molar-refractivity contribution in [3.63, 3.8) is 0 Å². The van der Waals surface area contributed by atoms with Crippen molar-refractivity contribution < 1.29 is 14.3 Å². The van der Waals surface area contributed by atoms with Crippen molar-refractivity contribution in [3.8, 4) is 11.5 Å². The number of nitrogens with one attached hydrogen (secondary N) is 1. The van der Waals surface area contributed by atoms with Gasteiger partial charge in [-0.1, -0.05) is 18.2 Å². The lowest BCUT2D eigenvalue weighted by molar-refractivity contribution is -0.113. The van der Waals surface area contributed by atoms with Crippen LogP contribution in [0.1, 0.15) is 16.7 Å². The second kappa shape index (κ2) is 6.16. The summed E-state index contributed by atoms with van der Waals surface area (Å²) < 4.78 is 10.9. The van der Waals surface area contributed by atoms with Crippen LogP contribution in [0.4, 0.5) is 5.69 Å². The molecule has 1 aliphatic rings. The summed E-state index contributed by atoms with van der Waals surface area (Å²) in [6.07, 6.45) is 1.85. The molecule has 1 N–H and O–H groups in total. The SMILES string of the molecule is COc1ccc2c(c1)C=C(C(=O)Nc1c(C)cccc1C)CO2.